The summed E-state index contributed by atoms with van der Waals surface area (Å²) in [6.45, 7) is 0. The van der Waals surface area contributed by atoms with Gasteiger partial charge in [0.05, 0.1) is 0 Å². The van der Waals surface area contributed by atoms with Crippen molar-refractivity contribution in [1.82, 2.24) is 0 Å². The molecule has 1 atom stereocenters. The maximum Gasteiger partial charge on any atom is 0.183 e. The summed E-state index contributed by atoms with van der Waals surface area (Å²) < 4.78 is 0.128. The SMILES string of the molecule is BrC1N=C2N=CN=C2S1. The highest BCUT2D eigenvalue weighted by molar-refractivity contribution is 9.11. The van der Waals surface area contributed by atoms with Gasteiger partial charge < -0.3 is 0 Å². The third-order valence-corrected chi connectivity index (χ3v) is 2.56. The van der Waals surface area contributed by atoms with Gasteiger partial charge in [0.15, 0.2) is 10.1 Å². The molecule has 2 heterocycles. The summed E-state index contributed by atoms with van der Waals surface area (Å²) in [5.41, 5.74) is 0. The summed E-state index contributed by atoms with van der Waals surface area (Å²) in [4.78, 5) is 12.0. The number of hydrogen-bond acceptors (Lipinski definition) is 4. The monoisotopic (exact) mass is 203 g/mol. The smallest absolute Gasteiger partial charge is 0.183 e. The number of rotatable bonds is 0. The lowest BCUT2D eigenvalue weighted by Gasteiger charge is -1.87. The lowest BCUT2D eigenvalue weighted by Crippen LogP contribution is -1.94. The van der Waals surface area contributed by atoms with Gasteiger partial charge in [0.25, 0.3) is 0 Å². The van der Waals surface area contributed by atoms with E-state index in [2.05, 4.69) is 30.9 Å². The maximum atomic E-state index is 4.12. The van der Waals surface area contributed by atoms with Crippen molar-refractivity contribution < 1.29 is 0 Å². The molecular formula is C4H2BrN3S. The van der Waals surface area contributed by atoms with E-state index in [1.807, 2.05) is 0 Å². The molecule has 0 aromatic heterocycles. The van der Waals surface area contributed by atoms with E-state index in [9.17, 15) is 0 Å². The molecule has 0 N–H and O–H groups in total. The molecule has 0 fully saturated rings. The van der Waals surface area contributed by atoms with Crippen LogP contribution in [0, 0.1) is 0 Å². The van der Waals surface area contributed by atoms with Crippen LogP contribution in [-0.4, -0.2) is 21.5 Å². The average Bonchev–Trinajstić information content (AvgIpc) is 2.22. The van der Waals surface area contributed by atoms with E-state index >= 15 is 0 Å². The number of thioether (sulfide) groups is 1. The largest absolute Gasteiger partial charge is 0.238 e. The van der Waals surface area contributed by atoms with E-state index in [0.29, 0.717) is 0 Å². The van der Waals surface area contributed by atoms with Crippen LogP contribution >= 0.6 is 27.7 Å². The molecule has 9 heavy (non-hydrogen) atoms. The third kappa shape index (κ3) is 0.840. The highest BCUT2D eigenvalue weighted by atomic mass is 79.9. The van der Waals surface area contributed by atoms with Crippen molar-refractivity contribution in [3.05, 3.63) is 0 Å². The molecule has 0 bridgehead atoms. The zero-order valence-electron chi connectivity index (χ0n) is 4.28. The number of amidine groups is 1. The molecule has 0 aromatic carbocycles. The second-order valence-electron chi connectivity index (χ2n) is 1.54. The zero-order valence-corrected chi connectivity index (χ0v) is 6.69. The van der Waals surface area contributed by atoms with Gasteiger partial charge in [0.1, 0.15) is 11.4 Å². The fourth-order valence-corrected chi connectivity index (χ4v) is 2.02. The Morgan fingerprint density at radius 1 is 1.67 bits per heavy atom. The highest BCUT2D eigenvalue weighted by Crippen LogP contribution is 2.29. The average molecular weight is 204 g/mol. The minimum absolute atomic E-state index is 0.128. The molecule has 2 aliphatic rings. The fourth-order valence-electron chi connectivity index (χ4n) is 0.635. The quantitative estimate of drug-likeness (QED) is 0.432. The second-order valence-corrected chi connectivity index (χ2v) is 4.08. The predicted molar refractivity (Wildman–Crippen MR) is 43.7 cm³/mol. The van der Waals surface area contributed by atoms with Crippen LogP contribution in [0.4, 0.5) is 0 Å². The number of hydrogen-bond donors (Lipinski definition) is 0. The van der Waals surface area contributed by atoms with E-state index < -0.39 is 0 Å². The van der Waals surface area contributed by atoms with Crippen molar-refractivity contribution in [1.29, 1.82) is 0 Å². The third-order valence-electron chi connectivity index (χ3n) is 0.979. The molecule has 5 heteroatoms. The lowest BCUT2D eigenvalue weighted by molar-refractivity contribution is 1.33. The summed E-state index contributed by atoms with van der Waals surface area (Å²) in [6, 6.07) is 0. The summed E-state index contributed by atoms with van der Waals surface area (Å²) >= 11 is 4.89. The van der Waals surface area contributed by atoms with Crippen LogP contribution in [0.15, 0.2) is 15.0 Å². The van der Waals surface area contributed by atoms with Crippen molar-refractivity contribution in [3.8, 4) is 0 Å². The first-order valence-electron chi connectivity index (χ1n) is 2.35. The summed E-state index contributed by atoms with van der Waals surface area (Å²) in [7, 11) is 0. The number of alkyl halides is 1. The van der Waals surface area contributed by atoms with Crippen LogP contribution in [0.5, 0.6) is 0 Å². The Morgan fingerprint density at radius 2 is 2.56 bits per heavy atom. The van der Waals surface area contributed by atoms with Gasteiger partial charge in [0.2, 0.25) is 0 Å². The first-order valence-corrected chi connectivity index (χ1v) is 4.15. The van der Waals surface area contributed by atoms with Gasteiger partial charge in [-0.2, -0.15) is 0 Å². The first-order chi connectivity index (χ1) is 4.36. The van der Waals surface area contributed by atoms with Crippen molar-refractivity contribution in [2.24, 2.45) is 15.0 Å². The van der Waals surface area contributed by atoms with E-state index in [0.717, 1.165) is 10.9 Å². The van der Waals surface area contributed by atoms with E-state index in [-0.39, 0.29) is 4.28 Å². The molecule has 46 valence electrons. The summed E-state index contributed by atoms with van der Waals surface area (Å²) in [6.07, 6.45) is 1.53. The molecule has 0 saturated heterocycles. The lowest BCUT2D eigenvalue weighted by atomic mass is 10.7. The van der Waals surface area contributed by atoms with Crippen molar-refractivity contribution in [3.63, 3.8) is 0 Å². The summed E-state index contributed by atoms with van der Waals surface area (Å²) in [5, 5.41) is 0.928. The van der Waals surface area contributed by atoms with Crippen molar-refractivity contribution >= 4 is 44.9 Å². The number of aliphatic imine (C=N–C) groups is 3. The van der Waals surface area contributed by atoms with Crippen LogP contribution in [-0.2, 0) is 0 Å². The Bertz CT molecular complexity index is 232. The highest BCUT2D eigenvalue weighted by Gasteiger charge is 2.24. The molecule has 0 saturated carbocycles. The van der Waals surface area contributed by atoms with Gasteiger partial charge in [-0.15, -0.1) is 0 Å². The first kappa shape index (κ1) is 5.61. The second kappa shape index (κ2) is 1.91. The van der Waals surface area contributed by atoms with Gasteiger partial charge in [-0.05, 0) is 0 Å². The molecule has 0 aliphatic carbocycles. The van der Waals surface area contributed by atoms with E-state index in [1.54, 1.807) is 11.8 Å². The Kier molecular flexibility index (Phi) is 1.19. The zero-order chi connectivity index (χ0) is 6.27. The fraction of sp³-hybridized carbons (Fsp3) is 0.250. The minimum Gasteiger partial charge on any atom is -0.238 e. The van der Waals surface area contributed by atoms with Crippen LogP contribution in [0.25, 0.3) is 0 Å². The molecule has 2 rings (SSSR count). The molecular weight excluding hydrogens is 202 g/mol. The standard InChI is InChI=1S/C4H2BrN3S/c5-4-8-2-3(9-4)7-1-6-2/h1,4H. The van der Waals surface area contributed by atoms with Gasteiger partial charge in [-0.25, -0.2) is 15.0 Å². The number of halogens is 1. The number of nitrogens with zero attached hydrogens (tertiary/aromatic N) is 3. The molecule has 0 aromatic rings. The molecule has 0 radical (unpaired) electrons. The molecule has 0 spiro atoms. The van der Waals surface area contributed by atoms with Crippen LogP contribution in [0.2, 0.25) is 0 Å². The van der Waals surface area contributed by atoms with E-state index in [1.165, 1.54) is 6.34 Å². The van der Waals surface area contributed by atoms with Crippen molar-refractivity contribution in [2.45, 2.75) is 4.28 Å². The van der Waals surface area contributed by atoms with Gasteiger partial charge in [-0.1, -0.05) is 27.7 Å². The molecule has 0 amide bonds. The van der Waals surface area contributed by atoms with Crippen molar-refractivity contribution in [2.75, 3.05) is 0 Å². The predicted octanol–water partition coefficient (Wildman–Crippen LogP) is 1.25. The molecule has 1 unspecified atom stereocenters. The van der Waals surface area contributed by atoms with Crippen LogP contribution < -0.4 is 0 Å². The Hall–Kier alpha value is -0.160. The van der Waals surface area contributed by atoms with Gasteiger partial charge in [0, 0.05) is 0 Å². The van der Waals surface area contributed by atoms with Crippen LogP contribution in [0.1, 0.15) is 0 Å². The minimum atomic E-state index is 0.128. The normalized spacial score (nSPS) is 30.1. The molecule has 3 nitrogen and oxygen atoms in total. The molecule has 2 aliphatic heterocycles. The number of fused-ring (bicyclic) bond motifs is 1. The van der Waals surface area contributed by atoms with E-state index in [4.69, 9.17) is 0 Å². The Labute approximate surface area is 64.5 Å². The van der Waals surface area contributed by atoms with Gasteiger partial charge in [-0.3, -0.25) is 0 Å². The Balaban J connectivity index is 2.40. The van der Waals surface area contributed by atoms with Crippen LogP contribution in [0.3, 0.4) is 0 Å². The summed E-state index contributed by atoms with van der Waals surface area (Å²) in [5.74, 6) is 0.766. The Morgan fingerprint density at radius 3 is 3.33 bits per heavy atom. The maximum absolute atomic E-state index is 4.12. The van der Waals surface area contributed by atoms with Gasteiger partial charge >= 0.3 is 0 Å². The topological polar surface area (TPSA) is 37.1 Å².